The number of anilines is 1. The summed E-state index contributed by atoms with van der Waals surface area (Å²) in [4.78, 5) is 16.3. The average Bonchev–Trinajstić information content (AvgIpc) is 3.01. The topological polar surface area (TPSA) is 105 Å². The number of aromatic nitrogens is 1. The molecule has 3 aromatic rings. The van der Waals surface area contributed by atoms with Gasteiger partial charge in [-0.25, -0.2) is 5.14 Å². The van der Waals surface area contributed by atoms with E-state index in [0.717, 1.165) is 22.4 Å². The average molecular weight is 446 g/mol. The maximum Gasteiger partial charge on any atom is 0.296 e. The van der Waals surface area contributed by atoms with Crippen LogP contribution in [0.5, 0.6) is 0 Å². The molecule has 3 rings (SSSR count). The minimum Gasteiger partial charge on any atom is -0.355 e. The fourth-order valence-corrected chi connectivity index (χ4v) is 4.45. The van der Waals surface area contributed by atoms with Gasteiger partial charge in [0.15, 0.2) is 0 Å². The molecule has 158 valence electrons. The van der Waals surface area contributed by atoms with Crippen LogP contribution in [0.15, 0.2) is 42.5 Å². The molecule has 0 saturated heterocycles. The summed E-state index contributed by atoms with van der Waals surface area (Å²) in [7, 11) is -3.97. The molecule has 1 atom stereocenters. The summed E-state index contributed by atoms with van der Waals surface area (Å²) >= 11 is 6.39. The van der Waals surface area contributed by atoms with Crippen molar-refractivity contribution in [3.8, 4) is 0 Å². The molecule has 0 aliphatic carbocycles. The number of nitrogens with one attached hydrogen (secondary N) is 2. The largest absolute Gasteiger partial charge is 0.355 e. The van der Waals surface area contributed by atoms with Gasteiger partial charge in [0, 0.05) is 27.8 Å². The molecule has 0 fully saturated rings. The van der Waals surface area contributed by atoms with Crippen molar-refractivity contribution in [1.82, 2.24) is 4.98 Å². The summed E-state index contributed by atoms with van der Waals surface area (Å²) in [5.41, 5.74) is 5.55. The quantitative estimate of drug-likeness (QED) is 0.483. The van der Waals surface area contributed by atoms with Gasteiger partial charge in [0.25, 0.3) is 10.2 Å². The number of hydrogen-bond acceptors (Lipinski definition) is 3. The predicted molar refractivity (Wildman–Crippen MR) is 121 cm³/mol. The summed E-state index contributed by atoms with van der Waals surface area (Å²) in [5.74, 6) is -0.409. The molecule has 0 radical (unpaired) electrons. The minimum atomic E-state index is -3.97. The normalized spacial score (nSPS) is 12.6. The standard InChI is InChI=1S/C22H24ClN3O3S/c1-12-8-9-16(13(2)10-12)22(27)21-14(3)11-19(25-21)15(4)20-17(23)6-5-7-18(20)26-30(24,28)29/h5-11,15,25-26H,1-4H3,(H2,24,28,29). The second-order valence-electron chi connectivity index (χ2n) is 7.50. The Morgan fingerprint density at radius 2 is 1.80 bits per heavy atom. The SMILES string of the molecule is Cc1ccc(C(=O)c2[nH]c(C(C)c3c(Cl)cccc3NS(N)(=O)=O)cc2C)c(C)c1. The van der Waals surface area contributed by atoms with Gasteiger partial charge in [0.05, 0.1) is 11.4 Å². The number of ketones is 1. The highest BCUT2D eigenvalue weighted by Crippen LogP contribution is 2.36. The summed E-state index contributed by atoms with van der Waals surface area (Å²) < 4.78 is 25.4. The Morgan fingerprint density at radius 1 is 1.10 bits per heavy atom. The predicted octanol–water partition coefficient (Wildman–Crippen LogP) is 4.59. The Bertz CT molecular complexity index is 1230. The molecule has 6 nitrogen and oxygen atoms in total. The molecule has 0 aliphatic rings. The van der Waals surface area contributed by atoms with Crippen molar-refractivity contribution in [1.29, 1.82) is 0 Å². The highest BCUT2D eigenvalue weighted by atomic mass is 35.5. The lowest BCUT2D eigenvalue weighted by atomic mass is 9.96. The van der Waals surface area contributed by atoms with Gasteiger partial charge in [-0.15, -0.1) is 0 Å². The van der Waals surface area contributed by atoms with E-state index in [0.29, 0.717) is 27.5 Å². The van der Waals surface area contributed by atoms with Crippen LogP contribution in [0.1, 0.15) is 56.8 Å². The summed E-state index contributed by atoms with van der Waals surface area (Å²) in [6.07, 6.45) is 0. The van der Waals surface area contributed by atoms with Crippen LogP contribution in [-0.4, -0.2) is 19.2 Å². The number of benzene rings is 2. The van der Waals surface area contributed by atoms with Crippen LogP contribution in [0.4, 0.5) is 5.69 Å². The van der Waals surface area contributed by atoms with Crippen molar-refractivity contribution < 1.29 is 13.2 Å². The third-order valence-electron chi connectivity index (χ3n) is 5.09. The van der Waals surface area contributed by atoms with E-state index in [4.69, 9.17) is 16.7 Å². The Morgan fingerprint density at radius 3 is 2.43 bits per heavy atom. The van der Waals surface area contributed by atoms with Crippen LogP contribution in [-0.2, 0) is 10.2 Å². The fraction of sp³-hybridized carbons (Fsp3) is 0.227. The lowest BCUT2D eigenvalue weighted by molar-refractivity contribution is 0.103. The van der Waals surface area contributed by atoms with E-state index >= 15 is 0 Å². The highest BCUT2D eigenvalue weighted by molar-refractivity contribution is 7.90. The third kappa shape index (κ3) is 4.59. The molecule has 0 aliphatic heterocycles. The van der Waals surface area contributed by atoms with E-state index in [1.54, 1.807) is 18.2 Å². The van der Waals surface area contributed by atoms with Crippen LogP contribution >= 0.6 is 11.6 Å². The molecule has 0 spiro atoms. The molecule has 0 bridgehead atoms. The van der Waals surface area contributed by atoms with Crippen molar-refractivity contribution >= 4 is 33.3 Å². The van der Waals surface area contributed by atoms with Gasteiger partial charge in [-0.1, -0.05) is 48.4 Å². The van der Waals surface area contributed by atoms with Gasteiger partial charge in [0.2, 0.25) is 5.78 Å². The lowest BCUT2D eigenvalue weighted by Crippen LogP contribution is -2.23. The molecule has 4 N–H and O–H groups in total. The molecule has 2 aromatic carbocycles. The first-order chi connectivity index (χ1) is 14.0. The van der Waals surface area contributed by atoms with Crippen LogP contribution in [0.25, 0.3) is 0 Å². The molecule has 1 aromatic heterocycles. The Balaban J connectivity index is 2.02. The van der Waals surface area contributed by atoms with Crippen LogP contribution in [0, 0.1) is 20.8 Å². The van der Waals surface area contributed by atoms with Crippen molar-refractivity contribution in [3.63, 3.8) is 0 Å². The van der Waals surface area contributed by atoms with Gasteiger partial charge in [-0.05, 0) is 50.1 Å². The summed E-state index contributed by atoms with van der Waals surface area (Å²) in [6.45, 7) is 7.64. The molecule has 0 saturated carbocycles. The van der Waals surface area contributed by atoms with E-state index in [-0.39, 0.29) is 11.7 Å². The molecular formula is C22H24ClN3O3S. The monoisotopic (exact) mass is 445 g/mol. The van der Waals surface area contributed by atoms with Crippen molar-refractivity contribution in [2.75, 3.05) is 4.72 Å². The number of nitrogens with two attached hydrogens (primary N) is 1. The van der Waals surface area contributed by atoms with Crippen LogP contribution < -0.4 is 9.86 Å². The first-order valence-corrected chi connectivity index (χ1v) is 11.3. The van der Waals surface area contributed by atoms with Crippen molar-refractivity contribution in [3.05, 3.63) is 86.7 Å². The maximum atomic E-state index is 13.1. The van der Waals surface area contributed by atoms with Crippen molar-refractivity contribution in [2.24, 2.45) is 5.14 Å². The van der Waals surface area contributed by atoms with E-state index in [2.05, 4.69) is 9.71 Å². The van der Waals surface area contributed by atoms with Gasteiger partial charge in [-0.3, -0.25) is 9.52 Å². The second kappa shape index (κ2) is 8.26. The number of rotatable bonds is 6. The number of hydrogen-bond donors (Lipinski definition) is 3. The van der Waals surface area contributed by atoms with E-state index in [1.165, 1.54) is 0 Å². The highest BCUT2D eigenvalue weighted by Gasteiger charge is 2.23. The van der Waals surface area contributed by atoms with Crippen LogP contribution in [0.2, 0.25) is 5.02 Å². The molecule has 8 heteroatoms. The Labute approximate surface area is 181 Å². The summed E-state index contributed by atoms with van der Waals surface area (Å²) in [5, 5.41) is 5.54. The van der Waals surface area contributed by atoms with Crippen LogP contribution in [0.3, 0.4) is 0 Å². The number of carbonyl (C=O) groups is 1. The van der Waals surface area contributed by atoms with Gasteiger partial charge >= 0.3 is 0 Å². The zero-order valence-corrected chi connectivity index (χ0v) is 18.8. The molecular weight excluding hydrogens is 422 g/mol. The number of halogens is 1. The number of H-pyrrole nitrogens is 1. The first kappa shape index (κ1) is 22.1. The molecule has 1 unspecified atom stereocenters. The van der Waals surface area contributed by atoms with E-state index < -0.39 is 10.2 Å². The number of carbonyl (C=O) groups excluding carboxylic acids is 1. The van der Waals surface area contributed by atoms with E-state index in [1.807, 2.05) is 52.0 Å². The molecule has 1 heterocycles. The Kier molecular flexibility index (Phi) is 6.08. The first-order valence-electron chi connectivity index (χ1n) is 9.38. The third-order valence-corrected chi connectivity index (χ3v) is 5.93. The van der Waals surface area contributed by atoms with E-state index in [9.17, 15) is 13.2 Å². The molecule has 30 heavy (non-hydrogen) atoms. The zero-order valence-electron chi connectivity index (χ0n) is 17.2. The van der Waals surface area contributed by atoms with Gasteiger partial charge < -0.3 is 4.98 Å². The smallest absolute Gasteiger partial charge is 0.296 e. The Hall–Kier alpha value is -2.61. The summed E-state index contributed by atoms with van der Waals surface area (Å²) in [6, 6.07) is 12.5. The number of aryl methyl sites for hydroxylation is 3. The number of aromatic amines is 1. The fourth-order valence-electron chi connectivity index (χ4n) is 3.63. The van der Waals surface area contributed by atoms with Gasteiger partial charge in [0.1, 0.15) is 0 Å². The minimum absolute atomic E-state index is 0.0921. The zero-order chi connectivity index (χ0) is 22.2. The van der Waals surface area contributed by atoms with Gasteiger partial charge in [-0.2, -0.15) is 8.42 Å². The van der Waals surface area contributed by atoms with Crippen molar-refractivity contribution in [2.45, 2.75) is 33.6 Å². The molecule has 0 amide bonds. The maximum absolute atomic E-state index is 13.1. The lowest BCUT2D eigenvalue weighted by Gasteiger charge is -2.17. The second-order valence-corrected chi connectivity index (χ2v) is 9.20.